The third-order valence-electron chi connectivity index (χ3n) is 6.25. The van der Waals surface area contributed by atoms with Crippen molar-refractivity contribution in [3.05, 3.63) is 66.1 Å². The molecule has 10 heteroatoms. The van der Waals surface area contributed by atoms with Crippen molar-refractivity contribution >= 4 is 50.7 Å². The molecule has 38 heavy (non-hydrogen) atoms. The Labute approximate surface area is 221 Å². The summed E-state index contributed by atoms with van der Waals surface area (Å²) in [5.74, 6) is -0.161. The third-order valence-corrected chi connectivity index (χ3v) is 7.47. The predicted molar refractivity (Wildman–Crippen MR) is 149 cm³/mol. The molecule has 6 aromatic heterocycles. The quantitative estimate of drug-likeness (QED) is 0.228. The van der Waals surface area contributed by atoms with Gasteiger partial charge in [-0.05, 0) is 43.3 Å². The molecule has 0 aliphatic rings. The van der Waals surface area contributed by atoms with Crippen molar-refractivity contribution in [2.75, 3.05) is 5.32 Å². The first-order chi connectivity index (χ1) is 18.4. The number of carbonyl (C=O) groups is 2. The smallest absolute Gasteiger partial charge is 0.226 e. The van der Waals surface area contributed by atoms with Gasteiger partial charge in [0.15, 0.2) is 5.78 Å². The fraction of sp³-hybridized carbons (Fsp3) is 0.143. The van der Waals surface area contributed by atoms with Crippen LogP contribution in [0.5, 0.6) is 0 Å². The molecule has 0 aliphatic heterocycles. The minimum absolute atomic E-state index is 0.0454. The second-order valence-electron chi connectivity index (χ2n) is 9.32. The van der Waals surface area contributed by atoms with Crippen molar-refractivity contribution in [3.63, 3.8) is 0 Å². The summed E-state index contributed by atoms with van der Waals surface area (Å²) in [5, 5.41) is 11.5. The van der Waals surface area contributed by atoms with E-state index in [1.165, 1.54) is 11.3 Å². The molecule has 0 aromatic carbocycles. The lowest BCUT2D eigenvalue weighted by molar-refractivity contribution is -0.118. The van der Waals surface area contributed by atoms with Gasteiger partial charge in [-0.3, -0.25) is 24.7 Å². The molecule has 0 fully saturated rings. The van der Waals surface area contributed by atoms with Crippen molar-refractivity contribution in [1.29, 1.82) is 0 Å². The first kappa shape index (κ1) is 23.7. The Balaban J connectivity index is 1.40. The molecule has 0 saturated carbocycles. The molecule has 0 bridgehead atoms. The predicted octanol–water partition coefficient (Wildman–Crippen LogP) is 6.09. The first-order valence-electron chi connectivity index (χ1n) is 12.1. The topological polar surface area (TPSA) is 129 Å². The van der Waals surface area contributed by atoms with Crippen LogP contribution in [0, 0.1) is 5.92 Å². The molecule has 0 atom stereocenters. The van der Waals surface area contributed by atoms with Crippen LogP contribution in [0.25, 0.3) is 55.0 Å². The number of H-pyrrole nitrogens is 2. The van der Waals surface area contributed by atoms with E-state index in [-0.39, 0.29) is 17.6 Å². The summed E-state index contributed by atoms with van der Waals surface area (Å²) in [5.41, 5.74) is 6.89. The fourth-order valence-electron chi connectivity index (χ4n) is 4.23. The molecular weight excluding hydrogens is 498 g/mol. The van der Waals surface area contributed by atoms with Crippen LogP contribution in [0.3, 0.4) is 0 Å². The highest BCUT2D eigenvalue weighted by molar-refractivity contribution is 7.17. The summed E-state index contributed by atoms with van der Waals surface area (Å²) in [4.78, 5) is 42.6. The van der Waals surface area contributed by atoms with Gasteiger partial charge in [0, 0.05) is 39.7 Å². The van der Waals surface area contributed by atoms with E-state index in [9.17, 15) is 9.59 Å². The molecule has 6 aromatic rings. The molecular formula is C28H23N7O2S. The fourth-order valence-corrected chi connectivity index (χ4v) is 5.15. The van der Waals surface area contributed by atoms with Crippen LogP contribution in [-0.2, 0) is 4.79 Å². The Hall–Kier alpha value is -4.70. The Morgan fingerprint density at radius 3 is 2.61 bits per heavy atom. The number of pyridine rings is 3. The van der Waals surface area contributed by atoms with E-state index in [1.807, 2.05) is 56.4 Å². The zero-order chi connectivity index (χ0) is 26.4. The van der Waals surface area contributed by atoms with E-state index >= 15 is 0 Å². The monoisotopic (exact) mass is 521 g/mol. The lowest BCUT2D eigenvalue weighted by atomic mass is 10.1. The van der Waals surface area contributed by atoms with Crippen molar-refractivity contribution < 1.29 is 9.59 Å². The molecule has 6 heterocycles. The van der Waals surface area contributed by atoms with Crippen molar-refractivity contribution in [3.8, 4) is 33.1 Å². The number of carbonyl (C=O) groups excluding carboxylic acids is 2. The molecule has 3 N–H and O–H groups in total. The lowest BCUT2D eigenvalue weighted by Crippen LogP contribution is -2.17. The minimum atomic E-state index is -0.135. The maximum Gasteiger partial charge on any atom is 0.226 e. The Morgan fingerprint density at radius 2 is 1.82 bits per heavy atom. The van der Waals surface area contributed by atoms with Crippen LogP contribution < -0.4 is 5.32 Å². The number of hydrogen-bond acceptors (Lipinski definition) is 7. The van der Waals surface area contributed by atoms with Crippen molar-refractivity contribution in [1.82, 2.24) is 30.1 Å². The van der Waals surface area contributed by atoms with Gasteiger partial charge in [-0.2, -0.15) is 5.10 Å². The highest BCUT2D eigenvalue weighted by Crippen LogP contribution is 2.36. The number of rotatable bonds is 6. The standard InChI is InChI=1S/C28H23N7O2S/c1-14(2)28(37)31-17-8-16(10-29-11-17)20-4-5-21-26(33-20)27(35-34-21)22-9-18-19(12-30-13-23(18)32-22)25-7-6-24(38-25)15(3)36/h4-14,32H,1-3H3,(H,31,37)(H,34,35). The molecule has 0 aliphatic carbocycles. The number of aromatic nitrogens is 6. The number of Topliss-reactive ketones (excluding diaryl/α,β-unsaturated/α-hetero) is 1. The summed E-state index contributed by atoms with van der Waals surface area (Å²) >= 11 is 1.45. The van der Waals surface area contributed by atoms with Crippen molar-refractivity contribution in [2.45, 2.75) is 20.8 Å². The molecule has 0 saturated heterocycles. The zero-order valence-electron chi connectivity index (χ0n) is 20.9. The van der Waals surface area contributed by atoms with Crippen LogP contribution >= 0.6 is 11.3 Å². The number of amides is 1. The Bertz CT molecular complexity index is 1850. The van der Waals surface area contributed by atoms with Gasteiger partial charge in [0.1, 0.15) is 11.2 Å². The highest BCUT2D eigenvalue weighted by atomic mass is 32.1. The minimum Gasteiger partial charge on any atom is -0.352 e. The number of aromatic amines is 2. The maximum absolute atomic E-state index is 12.1. The number of fused-ring (bicyclic) bond motifs is 2. The van der Waals surface area contributed by atoms with E-state index in [1.54, 1.807) is 25.5 Å². The summed E-state index contributed by atoms with van der Waals surface area (Å²) in [6.45, 7) is 5.26. The Morgan fingerprint density at radius 1 is 0.974 bits per heavy atom. The molecule has 1 amide bonds. The molecule has 0 spiro atoms. The van der Waals surface area contributed by atoms with E-state index in [0.717, 1.165) is 38.1 Å². The zero-order valence-corrected chi connectivity index (χ0v) is 21.7. The van der Waals surface area contributed by atoms with E-state index in [0.29, 0.717) is 27.5 Å². The van der Waals surface area contributed by atoms with Crippen LogP contribution in [0.2, 0.25) is 0 Å². The lowest BCUT2D eigenvalue weighted by Gasteiger charge is -2.08. The van der Waals surface area contributed by atoms with Crippen LogP contribution in [0.15, 0.2) is 61.2 Å². The van der Waals surface area contributed by atoms with Crippen LogP contribution in [-0.4, -0.2) is 41.8 Å². The summed E-state index contributed by atoms with van der Waals surface area (Å²) in [6, 6.07) is 11.5. The normalized spacial score (nSPS) is 11.5. The average Bonchev–Trinajstić information content (AvgIpc) is 3.66. The Kier molecular flexibility index (Phi) is 5.80. The average molecular weight is 522 g/mol. The van der Waals surface area contributed by atoms with Crippen LogP contribution in [0.4, 0.5) is 5.69 Å². The maximum atomic E-state index is 12.1. The summed E-state index contributed by atoms with van der Waals surface area (Å²) in [6.07, 6.45) is 6.93. The number of hydrogen-bond donors (Lipinski definition) is 3. The molecule has 6 rings (SSSR count). The number of nitrogens with zero attached hydrogens (tertiary/aromatic N) is 4. The number of anilines is 1. The summed E-state index contributed by atoms with van der Waals surface area (Å²) in [7, 11) is 0. The van der Waals surface area contributed by atoms with Crippen LogP contribution in [0.1, 0.15) is 30.4 Å². The van der Waals surface area contributed by atoms with Gasteiger partial charge in [-0.1, -0.05) is 13.8 Å². The molecule has 188 valence electrons. The number of thiophene rings is 1. The largest absolute Gasteiger partial charge is 0.352 e. The molecule has 0 unspecified atom stereocenters. The SMILES string of the molecule is CC(=O)c1ccc(-c2cncc3[nH]c(-c4n[nH]c5ccc(-c6cncc(NC(=O)C(C)C)c6)nc45)cc23)s1. The van der Waals surface area contributed by atoms with Gasteiger partial charge in [0.25, 0.3) is 0 Å². The van der Waals surface area contributed by atoms with Gasteiger partial charge in [0.2, 0.25) is 5.91 Å². The first-order valence-corrected chi connectivity index (χ1v) is 12.9. The molecule has 9 nitrogen and oxygen atoms in total. The molecule has 0 radical (unpaired) electrons. The summed E-state index contributed by atoms with van der Waals surface area (Å²) < 4.78 is 0. The van der Waals surface area contributed by atoms with Gasteiger partial charge in [-0.15, -0.1) is 11.3 Å². The van der Waals surface area contributed by atoms with E-state index < -0.39 is 0 Å². The number of nitrogens with one attached hydrogen (secondary N) is 3. The third kappa shape index (κ3) is 4.24. The van der Waals surface area contributed by atoms with Gasteiger partial charge in [0.05, 0.1) is 45.4 Å². The van der Waals surface area contributed by atoms with E-state index in [2.05, 4.69) is 30.5 Å². The van der Waals surface area contributed by atoms with Gasteiger partial charge >= 0.3 is 0 Å². The van der Waals surface area contributed by atoms with E-state index in [4.69, 9.17) is 4.98 Å². The second kappa shape index (κ2) is 9.31. The van der Waals surface area contributed by atoms with Gasteiger partial charge in [-0.25, -0.2) is 4.98 Å². The highest BCUT2D eigenvalue weighted by Gasteiger charge is 2.17. The van der Waals surface area contributed by atoms with Gasteiger partial charge < -0.3 is 10.3 Å². The second-order valence-corrected chi connectivity index (χ2v) is 10.4. The number of ketones is 1. The van der Waals surface area contributed by atoms with Crippen molar-refractivity contribution in [2.24, 2.45) is 5.92 Å².